The van der Waals surface area contributed by atoms with Crippen LogP contribution in [0.5, 0.6) is 5.88 Å². The van der Waals surface area contributed by atoms with Crippen molar-refractivity contribution < 1.29 is 18.9 Å². The van der Waals surface area contributed by atoms with Crippen molar-refractivity contribution in [2.75, 3.05) is 11.9 Å². The molecule has 0 bridgehead atoms. The van der Waals surface area contributed by atoms with Crippen LogP contribution in [0.2, 0.25) is 5.02 Å². The summed E-state index contributed by atoms with van der Waals surface area (Å²) in [6.45, 7) is 0.496. The predicted molar refractivity (Wildman–Crippen MR) is 83.8 cm³/mol. The summed E-state index contributed by atoms with van der Waals surface area (Å²) in [5.74, 6) is 0.0843. The van der Waals surface area contributed by atoms with Gasteiger partial charge in [0.15, 0.2) is 5.76 Å². The van der Waals surface area contributed by atoms with Crippen LogP contribution in [0.25, 0.3) is 0 Å². The van der Waals surface area contributed by atoms with Gasteiger partial charge in [-0.05, 0) is 29.3 Å². The average molecular weight is 392 g/mol. The summed E-state index contributed by atoms with van der Waals surface area (Å²) in [4.78, 5) is 0. The van der Waals surface area contributed by atoms with Gasteiger partial charge in [-0.15, -0.1) is 0 Å². The van der Waals surface area contributed by atoms with Gasteiger partial charge < -0.3 is 14.5 Å². The minimum absolute atomic E-state index is 0.00570. The summed E-state index contributed by atoms with van der Waals surface area (Å²) >= 11 is 9.02. The highest BCUT2D eigenvalue weighted by molar-refractivity contribution is 9.09. The third-order valence-electron chi connectivity index (χ3n) is 2.78. The van der Waals surface area contributed by atoms with Crippen molar-refractivity contribution in [3.05, 3.63) is 46.4 Å². The minimum Gasteiger partial charge on any atom is -0.475 e. The summed E-state index contributed by atoms with van der Waals surface area (Å²) in [5, 5.41) is 16.9. The van der Waals surface area contributed by atoms with Crippen LogP contribution in [0.15, 0.2) is 33.9 Å². The number of nitrogens with zero attached hydrogens (tertiary/aromatic N) is 2. The Morgan fingerprint density at radius 3 is 2.95 bits per heavy atom. The van der Waals surface area contributed by atoms with Crippen molar-refractivity contribution in [2.24, 2.45) is 5.16 Å². The summed E-state index contributed by atoms with van der Waals surface area (Å²) in [7, 11) is 0. The monoisotopic (exact) mass is 390 g/mol. The van der Waals surface area contributed by atoms with Gasteiger partial charge in [0.25, 0.3) is 5.88 Å². The van der Waals surface area contributed by atoms with Gasteiger partial charge in [0, 0.05) is 11.8 Å². The molecule has 2 aromatic rings. The number of oxime groups is 1. The topological polar surface area (TPSA) is 67.9 Å². The van der Waals surface area contributed by atoms with Gasteiger partial charge in [-0.1, -0.05) is 38.8 Å². The summed E-state index contributed by atoms with van der Waals surface area (Å²) < 4.78 is 23.6. The van der Waals surface area contributed by atoms with Gasteiger partial charge in [0.05, 0.1) is 17.7 Å². The van der Waals surface area contributed by atoms with Crippen molar-refractivity contribution in [1.82, 2.24) is 5.16 Å². The number of rotatable bonds is 7. The molecule has 0 unspecified atom stereocenters. The second kappa shape index (κ2) is 8.14. The molecule has 0 aliphatic heterocycles. The van der Waals surface area contributed by atoms with Gasteiger partial charge in [0.1, 0.15) is 11.5 Å². The van der Waals surface area contributed by atoms with E-state index in [-0.39, 0.29) is 22.9 Å². The molecule has 0 radical (unpaired) electrons. The van der Waals surface area contributed by atoms with Gasteiger partial charge in [-0.2, -0.15) is 0 Å². The van der Waals surface area contributed by atoms with Gasteiger partial charge in [-0.25, -0.2) is 4.39 Å². The minimum atomic E-state index is -0.505. The maximum atomic E-state index is 13.1. The van der Waals surface area contributed by atoms with Crippen molar-refractivity contribution >= 4 is 33.2 Å². The standard InChI is InChI=1S/C14H13BrClFN2O3/c15-4-1-5-21-14-8-13(22-19-14)12(18-20)7-9-2-3-11(17)10(16)6-9/h2-3,6,8,20H,1,4-5,7H2/b18-12+. The van der Waals surface area contributed by atoms with Crippen molar-refractivity contribution in [3.8, 4) is 5.88 Å². The largest absolute Gasteiger partial charge is 0.475 e. The molecule has 118 valence electrons. The molecule has 0 fully saturated rings. The molecular formula is C14H13BrClFN2O3. The Kier molecular flexibility index (Phi) is 6.21. The van der Waals surface area contributed by atoms with Crippen LogP contribution in [-0.4, -0.2) is 28.0 Å². The molecule has 22 heavy (non-hydrogen) atoms. The number of hydrogen-bond donors (Lipinski definition) is 1. The van der Waals surface area contributed by atoms with Crippen LogP contribution >= 0.6 is 27.5 Å². The molecule has 0 aliphatic rings. The van der Waals surface area contributed by atoms with Crippen molar-refractivity contribution in [1.29, 1.82) is 0 Å². The Hall–Kier alpha value is -1.60. The predicted octanol–water partition coefficient (Wildman–Crippen LogP) is 4.05. The zero-order chi connectivity index (χ0) is 15.9. The Bertz CT molecular complexity index is 663. The van der Waals surface area contributed by atoms with E-state index in [1.165, 1.54) is 18.2 Å². The second-order valence-electron chi connectivity index (χ2n) is 4.39. The first kappa shape index (κ1) is 16.8. The van der Waals surface area contributed by atoms with Gasteiger partial charge in [0.2, 0.25) is 0 Å². The van der Waals surface area contributed by atoms with E-state index in [0.717, 1.165) is 11.8 Å². The quantitative estimate of drug-likeness (QED) is 0.254. The SMILES string of the molecule is O/N=C(\Cc1ccc(F)c(Cl)c1)c1cc(OCCCBr)no1. The molecule has 2 rings (SSSR count). The Balaban J connectivity index is 2.07. The lowest BCUT2D eigenvalue weighted by Gasteiger charge is -2.02. The average Bonchev–Trinajstić information content (AvgIpc) is 2.97. The third kappa shape index (κ3) is 4.45. The molecule has 5 nitrogen and oxygen atoms in total. The van der Waals surface area contributed by atoms with Crippen LogP contribution in [0.1, 0.15) is 17.7 Å². The zero-order valence-corrected chi connectivity index (χ0v) is 13.8. The highest BCUT2D eigenvalue weighted by Gasteiger charge is 2.14. The Labute approximate surface area is 139 Å². The fraction of sp³-hybridized carbons (Fsp3) is 0.286. The molecule has 0 aliphatic carbocycles. The molecule has 1 aromatic heterocycles. The van der Waals surface area contributed by atoms with E-state index in [0.29, 0.717) is 18.1 Å². The van der Waals surface area contributed by atoms with Crippen LogP contribution in [0.3, 0.4) is 0 Å². The van der Waals surface area contributed by atoms with Gasteiger partial charge >= 0.3 is 0 Å². The lowest BCUT2D eigenvalue weighted by Crippen LogP contribution is -2.04. The van der Waals surface area contributed by atoms with Crippen molar-refractivity contribution in [3.63, 3.8) is 0 Å². The number of ether oxygens (including phenoxy) is 1. The molecule has 0 spiro atoms. The molecule has 0 amide bonds. The molecule has 1 heterocycles. The zero-order valence-electron chi connectivity index (χ0n) is 11.4. The number of aromatic nitrogens is 1. The Morgan fingerprint density at radius 2 is 2.27 bits per heavy atom. The Morgan fingerprint density at radius 1 is 1.45 bits per heavy atom. The van der Waals surface area contributed by atoms with E-state index < -0.39 is 5.82 Å². The van der Waals surface area contributed by atoms with E-state index in [1.54, 1.807) is 6.07 Å². The first-order valence-electron chi connectivity index (χ1n) is 6.44. The molecule has 1 aromatic carbocycles. The van der Waals surface area contributed by atoms with Crippen LogP contribution in [-0.2, 0) is 6.42 Å². The van der Waals surface area contributed by atoms with E-state index in [2.05, 4.69) is 26.2 Å². The number of hydrogen-bond acceptors (Lipinski definition) is 5. The molecular weight excluding hydrogens is 379 g/mol. The number of halogens is 3. The highest BCUT2D eigenvalue weighted by atomic mass is 79.9. The fourth-order valence-electron chi connectivity index (χ4n) is 1.71. The smallest absolute Gasteiger partial charge is 0.254 e. The third-order valence-corrected chi connectivity index (χ3v) is 3.63. The number of benzene rings is 1. The first-order valence-corrected chi connectivity index (χ1v) is 7.94. The maximum absolute atomic E-state index is 13.1. The van der Waals surface area contributed by atoms with E-state index >= 15 is 0 Å². The van der Waals surface area contributed by atoms with Crippen LogP contribution in [0.4, 0.5) is 4.39 Å². The van der Waals surface area contributed by atoms with E-state index in [9.17, 15) is 4.39 Å². The summed E-state index contributed by atoms with van der Waals surface area (Å²) in [6.07, 6.45) is 1.05. The van der Waals surface area contributed by atoms with E-state index in [4.69, 9.17) is 26.1 Å². The first-order chi connectivity index (χ1) is 10.6. The van der Waals surface area contributed by atoms with Crippen LogP contribution in [0, 0.1) is 5.82 Å². The summed E-state index contributed by atoms with van der Waals surface area (Å²) in [6, 6.07) is 5.80. The normalized spacial score (nSPS) is 11.7. The van der Waals surface area contributed by atoms with Crippen molar-refractivity contribution in [2.45, 2.75) is 12.8 Å². The summed E-state index contributed by atoms with van der Waals surface area (Å²) in [5.41, 5.74) is 0.919. The maximum Gasteiger partial charge on any atom is 0.254 e. The van der Waals surface area contributed by atoms with Crippen LogP contribution < -0.4 is 4.74 Å². The van der Waals surface area contributed by atoms with E-state index in [1.807, 2.05) is 0 Å². The second-order valence-corrected chi connectivity index (χ2v) is 5.59. The molecule has 0 atom stereocenters. The van der Waals surface area contributed by atoms with Gasteiger partial charge in [-0.3, -0.25) is 0 Å². The molecule has 8 heteroatoms. The molecule has 1 N–H and O–H groups in total. The highest BCUT2D eigenvalue weighted by Crippen LogP contribution is 2.19. The molecule has 0 saturated heterocycles. The number of alkyl halides is 1. The lowest BCUT2D eigenvalue weighted by molar-refractivity contribution is 0.278. The lowest BCUT2D eigenvalue weighted by atomic mass is 10.1. The molecule has 0 saturated carbocycles. The fourth-order valence-corrected chi connectivity index (χ4v) is 2.14.